The van der Waals surface area contributed by atoms with Crippen LogP contribution in [0.25, 0.3) is 0 Å². The zero-order valence-electron chi connectivity index (χ0n) is 13.9. The lowest BCUT2D eigenvalue weighted by Gasteiger charge is -2.35. The maximum absolute atomic E-state index is 13.0. The molecule has 1 aliphatic rings. The predicted molar refractivity (Wildman–Crippen MR) is 93.8 cm³/mol. The Morgan fingerprint density at radius 1 is 0.926 bits per heavy atom. The van der Waals surface area contributed by atoms with E-state index in [2.05, 4.69) is 0 Å². The van der Waals surface area contributed by atoms with Crippen molar-refractivity contribution in [3.8, 4) is 0 Å². The van der Waals surface area contributed by atoms with Gasteiger partial charge in [-0.05, 0) is 42.5 Å². The number of rotatable bonds is 3. The average molecular weight is 423 g/mol. The van der Waals surface area contributed by atoms with E-state index < -0.39 is 26.7 Å². The highest BCUT2D eigenvalue weighted by Gasteiger charge is 2.35. The van der Waals surface area contributed by atoms with Gasteiger partial charge in [0.15, 0.2) is 0 Å². The second kappa shape index (κ2) is 7.29. The van der Waals surface area contributed by atoms with E-state index in [9.17, 15) is 26.0 Å². The first-order valence-electron chi connectivity index (χ1n) is 7.96. The topological polar surface area (TPSA) is 40.6 Å². The van der Waals surface area contributed by atoms with E-state index in [0.29, 0.717) is 19.2 Å². The minimum absolute atomic E-state index is 0.0757. The number of benzene rings is 2. The van der Waals surface area contributed by atoms with Crippen LogP contribution in [0.2, 0.25) is 5.02 Å². The standard InChI is InChI=1S/C17H15ClF4N2O2S/c18-15-6-1-12(17(20,21)22)11-16(15)27(25,26)24-9-7-23(8-10-24)14-4-2-13(19)3-5-14/h1-6,11H,7-10H2. The number of piperazine rings is 1. The van der Waals surface area contributed by atoms with Crippen molar-refractivity contribution in [2.75, 3.05) is 31.1 Å². The van der Waals surface area contributed by atoms with E-state index >= 15 is 0 Å². The first-order chi connectivity index (χ1) is 12.6. The third-order valence-corrected chi connectivity index (χ3v) is 6.69. The van der Waals surface area contributed by atoms with Crippen LogP contribution in [0.4, 0.5) is 23.2 Å². The monoisotopic (exact) mass is 422 g/mol. The summed E-state index contributed by atoms with van der Waals surface area (Å²) in [5, 5.41) is -0.260. The second-order valence-electron chi connectivity index (χ2n) is 6.01. The van der Waals surface area contributed by atoms with Gasteiger partial charge in [-0.25, -0.2) is 12.8 Å². The first kappa shape index (κ1) is 19.9. The molecule has 27 heavy (non-hydrogen) atoms. The van der Waals surface area contributed by atoms with Crippen LogP contribution >= 0.6 is 11.6 Å². The summed E-state index contributed by atoms with van der Waals surface area (Å²) in [6.07, 6.45) is -4.67. The Morgan fingerprint density at radius 2 is 1.52 bits per heavy atom. The average Bonchev–Trinajstić information content (AvgIpc) is 2.61. The molecule has 1 heterocycles. The SMILES string of the molecule is O=S(=O)(c1cc(C(F)(F)F)ccc1Cl)N1CCN(c2ccc(F)cc2)CC1. The number of hydrogen-bond donors (Lipinski definition) is 0. The zero-order valence-corrected chi connectivity index (χ0v) is 15.5. The molecule has 0 N–H and O–H groups in total. The second-order valence-corrected chi connectivity index (χ2v) is 8.32. The smallest absolute Gasteiger partial charge is 0.369 e. The quantitative estimate of drug-likeness (QED) is 0.702. The number of anilines is 1. The molecule has 1 saturated heterocycles. The number of nitrogens with zero attached hydrogens (tertiary/aromatic N) is 2. The van der Waals surface area contributed by atoms with E-state index in [1.165, 1.54) is 12.1 Å². The van der Waals surface area contributed by atoms with Crippen molar-refractivity contribution in [3.05, 3.63) is 58.9 Å². The van der Waals surface area contributed by atoms with Gasteiger partial charge in [0.2, 0.25) is 10.0 Å². The van der Waals surface area contributed by atoms with Gasteiger partial charge in [-0.15, -0.1) is 0 Å². The van der Waals surface area contributed by atoms with Gasteiger partial charge in [-0.2, -0.15) is 17.5 Å². The minimum atomic E-state index is -4.67. The van der Waals surface area contributed by atoms with Gasteiger partial charge in [0.25, 0.3) is 0 Å². The summed E-state index contributed by atoms with van der Waals surface area (Å²) >= 11 is 5.87. The van der Waals surface area contributed by atoms with E-state index in [0.717, 1.165) is 22.1 Å². The molecule has 0 aromatic heterocycles. The fraction of sp³-hybridized carbons (Fsp3) is 0.294. The van der Waals surface area contributed by atoms with Crippen LogP contribution in [0.1, 0.15) is 5.56 Å². The molecule has 0 bridgehead atoms. The van der Waals surface area contributed by atoms with E-state index in [4.69, 9.17) is 11.6 Å². The normalized spacial score (nSPS) is 16.6. The van der Waals surface area contributed by atoms with Crippen LogP contribution in [0.5, 0.6) is 0 Å². The fourth-order valence-electron chi connectivity index (χ4n) is 2.86. The van der Waals surface area contributed by atoms with E-state index in [-0.39, 0.29) is 23.9 Å². The van der Waals surface area contributed by atoms with E-state index in [1.54, 1.807) is 12.1 Å². The summed E-state index contributed by atoms with van der Waals surface area (Å²) in [4.78, 5) is 1.31. The van der Waals surface area contributed by atoms with Gasteiger partial charge in [-0.3, -0.25) is 0 Å². The molecule has 1 fully saturated rings. The largest absolute Gasteiger partial charge is 0.416 e. The molecule has 2 aromatic rings. The Morgan fingerprint density at radius 3 is 2.07 bits per heavy atom. The number of sulfonamides is 1. The summed E-state index contributed by atoms with van der Waals surface area (Å²) in [5.41, 5.74) is -0.332. The van der Waals surface area contributed by atoms with Gasteiger partial charge >= 0.3 is 6.18 Å². The molecule has 0 saturated carbocycles. The minimum Gasteiger partial charge on any atom is -0.369 e. The van der Waals surface area contributed by atoms with Gasteiger partial charge < -0.3 is 4.90 Å². The van der Waals surface area contributed by atoms with Crippen molar-refractivity contribution in [3.63, 3.8) is 0 Å². The molecule has 1 aliphatic heterocycles. The summed E-state index contributed by atoms with van der Waals surface area (Å²) in [5.74, 6) is -0.376. The van der Waals surface area contributed by atoms with Crippen LogP contribution in [0, 0.1) is 5.82 Å². The number of alkyl halides is 3. The zero-order chi connectivity index (χ0) is 19.8. The molecule has 0 amide bonds. The Labute approximate surface area is 159 Å². The third kappa shape index (κ3) is 4.20. The lowest BCUT2D eigenvalue weighted by atomic mass is 10.2. The summed E-state index contributed by atoms with van der Waals surface area (Å²) in [7, 11) is -4.17. The molecule has 3 rings (SSSR count). The fourth-order valence-corrected chi connectivity index (χ4v) is 4.78. The van der Waals surface area contributed by atoms with Crippen LogP contribution in [-0.4, -0.2) is 38.9 Å². The van der Waals surface area contributed by atoms with Gasteiger partial charge in [-0.1, -0.05) is 11.6 Å². The third-order valence-electron chi connectivity index (χ3n) is 4.31. The van der Waals surface area contributed by atoms with Crippen molar-refractivity contribution >= 4 is 27.3 Å². The molecule has 0 radical (unpaired) electrons. The highest BCUT2D eigenvalue weighted by molar-refractivity contribution is 7.89. The maximum atomic E-state index is 13.0. The number of hydrogen-bond acceptors (Lipinski definition) is 3. The van der Waals surface area contributed by atoms with Crippen LogP contribution < -0.4 is 4.90 Å². The molecule has 146 valence electrons. The van der Waals surface area contributed by atoms with Crippen LogP contribution in [0.15, 0.2) is 47.4 Å². The summed E-state index contributed by atoms with van der Waals surface area (Å²) < 4.78 is 78.4. The molecule has 0 atom stereocenters. The predicted octanol–water partition coefficient (Wildman–Crippen LogP) is 4.01. The molecule has 0 spiro atoms. The van der Waals surface area contributed by atoms with E-state index in [1.807, 2.05) is 4.90 Å². The molecule has 0 unspecified atom stereocenters. The Balaban J connectivity index is 1.80. The van der Waals surface area contributed by atoms with Crippen molar-refractivity contribution < 1.29 is 26.0 Å². The first-order valence-corrected chi connectivity index (χ1v) is 9.78. The Hall–Kier alpha value is -1.84. The molecule has 10 heteroatoms. The van der Waals surface area contributed by atoms with Crippen molar-refractivity contribution in [2.24, 2.45) is 0 Å². The Kier molecular flexibility index (Phi) is 5.38. The van der Waals surface area contributed by atoms with Gasteiger partial charge in [0.05, 0.1) is 10.6 Å². The lowest BCUT2D eigenvalue weighted by Crippen LogP contribution is -2.48. The Bertz CT molecular complexity index is 925. The number of halogens is 5. The molecular formula is C17H15ClF4N2O2S. The maximum Gasteiger partial charge on any atom is 0.416 e. The molecule has 0 aliphatic carbocycles. The van der Waals surface area contributed by atoms with Crippen molar-refractivity contribution in [1.29, 1.82) is 0 Å². The van der Waals surface area contributed by atoms with Gasteiger partial charge in [0.1, 0.15) is 10.7 Å². The van der Waals surface area contributed by atoms with Crippen LogP contribution in [0.3, 0.4) is 0 Å². The van der Waals surface area contributed by atoms with Gasteiger partial charge in [0, 0.05) is 31.9 Å². The lowest BCUT2D eigenvalue weighted by molar-refractivity contribution is -0.137. The highest BCUT2D eigenvalue weighted by atomic mass is 35.5. The molecular weight excluding hydrogens is 408 g/mol. The van der Waals surface area contributed by atoms with Crippen molar-refractivity contribution in [1.82, 2.24) is 4.31 Å². The molecule has 4 nitrogen and oxygen atoms in total. The van der Waals surface area contributed by atoms with Crippen LogP contribution in [-0.2, 0) is 16.2 Å². The van der Waals surface area contributed by atoms with Crippen molar-refractivity contribution in [2.45, 2.75) is 11.1 Å². The summed E-state index contributed by atoms with van der Waals surface area (Å²) in [6, 6.07) is 8.03. The summed E-state index contributed by atoms with van der Waals surface area (Å²) in [6.45, 7) is 0.793. The highest BCUT2D eigenvalue weighted by Crippen LogP contribution is 2.34. The molecule has 2 aromatic carbocycles.